The van der Waals surface area contributed by atoms with Crippen molar-refractivity contribution in [1.29, 1.82) is 0 Å². The number of carbonyl (C=O) groups excluding carboxylic acids is 1. The molecule has 25 heavy (non-hydrogen) atoms. The van der Waals surface area contributed by atoms with Crippen molar-refractivity contribution in [2.75, 3.05) is 6.54 Å². The molecular weight excluding hydrogens is 310 g/mol. The van der Waals surface area contributed by atoms with E-state index in [0.717, 1.165) is 16.8 Å². The zero-order chi connectivity index (χ0) is 17.6. The number of hydrogen-bond acceptors (Lipinski definition) is 2. The third-order valence-corrected chi connectivity index (χ3v) is 3.91. The summed E-state index contributed by atoms with van der Waals surface area (Å²) in [4.78, 5) is 12.6. The second-order valence-electron chi connectivity index (χ2n) is 6.54. The molecule has 1 heterocycles. The highest BCUT2D eigenvalue weighted by Crippen LogP contribution is 2.22. The predicted molar refractivity (Wildman–Crippen MR) is 100 cm³/mol. The van der Waals surface area contributed by atoms with Gasteiger partial charge in [-0.15, -0.1) is 0 Å². The Morgan fingerprint density at radius 3 is 2.32 bits per heavy atom. The van der Waals surface area contributed by atoms with Gasteiger partial charge in [0.25, 0.3) is 5.91 Å². The number of rotatable bonds is 6. The van der Waals surface area contributed by atoms with E-state index in [1.807, 2.05) is 59.4 Å². The molecule has 4 nitrogen and oxygen atoms in total. The first kappa shape index (κ1) is 17.0. The smallest absolute Gasteiger partial charge is 0.255 e. The van der Waals surface area contributed by atoms with Gasteiger partial charge >= 0.3 is 0 Å². The summed E-state index contributed by atoms with van der Waals surface area (Å²) >= 11 is 0. The van der Waals surface area contributed by atoms with E-state index in [-0.39, 0.29) is 5.91 Å². The summed E-state index contributed by atoms with van der Waals surface area (Å²) in [6, 6.07) is 20.0. The lowest BCUT2D eigenvalue weighted by atomic mass is 10.1. The van der Waals surface area contributed by atoms with Crippen LogP contribution < -0.4 is 5.32 Å². The first-order chi connectivity index (χ1) is 12.1. The van der Waals surface area contributed by atoms with Gasteiger partial charge in [-0.25, -0.2) is 0 Å². The first-order valence-corrected chi connectivity index (χ1v) is 8.58. The summed E-state index contributed by atoms with van der Waals surface area (Å²) < 4.78 is 1.84. The van der Waals surface area contributed by atoms with Crippen LogP contribution in [0.5, 0.6) is 0 Å². The van der Waals surface area contributed by atoms with Gasteiger partial charge in [-0.3, -0.25) is 9.48 Å². The van der Waals surface area contributed by atoms with Crippen molar-refractivity contribution in [2.24, 2.45) is 5.92 Å². The zero-order valence-corrected chi connectivity index (χ0v) is 14.6. The van der Waals surface area contributed by atoms with Crippen LogP contribution in [0.4, 0.5) is 0 Å². The summed E-state index contributed by atoms with van der Waals surface area (Å²) in [6.45, 7) is 5.45. The van der Waals surface area contributed by atoms with Gasteiger partial charge in [0.1, 0.15) is 5.69 Å². The molecule has 4 heteroatoms. The Morgan fingerprint density at radius 1 is 1.04 bits per heavy atom. The minimum atomic E-state index is -0.0770. The number of nitrogens with zero attached hydrogens (tertiary/aromatic N) is 2. The van der Waals surface area contributed by atoms with Gasteiger partial charge in [0, 0.05) is 18.3 Å². The molecular formula is C21H23N3O. The number of nitrogens with one attached hydrogen (secondary N) is 1. The quantitative estimate of drug-likeness (QED) is 0.741. The molecule has 0 aliphatic heterocycles. The monoisotopic (exact) mass is 333 g/mol. The van der Waals surface area contributed by atoms with Crippen LogP contribution in [0.15, 0.2) is 66.9 Å². The van der Waals surface area contributed by atoms with Gasteiger partial charge < -0.3 is 5.32 Å². The van der Waals surface area contributed by atoms with Crippen molar-refractivity contribution in [2.45, 2.75) is 20.4 Å². The summed E-state index contributed by atoms with van der Waals surface area (Å²) in [6.07, 6.45) is 1.84. The SMILES string of the molecule is CC(C)CNC(=O)c1cn(Cc2ccccc2)nc1-c1ccccc1. The second kappa shape index (κ2) is 7.79. The van der Waals surface area contributed by atoms with Crippen LogP contribution >= 0.6 is 0 Å². The van der Waals surface area contributed by atoms with Crippen LogP contribution in [0.2, 0.25) is 0 Å². The Morgan fingerprint density at radius 2 is 1.68 bits per heavy atom. The Bertz CT molecular complexity index is 823. The first-order valence-electron chi connectivity index (χ1n) is 8.58. The van der Waals surface area contributed by atoms with Crippen LogP contribution in [-0.2, 0) is 6.54 Å². The van der Waals surface area contributed by atoms with E-state index >= 15 is 0 Å². The van der Waals surface area contributed by atoms with E-state index in [4.69, 9.17) is 0 Å². The minimum Gasteiger partial charge on any atom is -0.352 e. The minimum absolute atomic E-state index is 0.0770. The van der Waals surface area contributed by atoms with Crippen molar-refractivity contribution in [3.05, 3.63) is 78.0 Å². The van der Waals surface area contributed by atoms with Gasteiger partial charge in [0.05, 0.1) is 12.1 Å². The van der Waals surface area contributed by atoms with E-state index in [0.29, 0.717) is 24.6 Å². The number of hydrogen-bond donors (Lipinski definition) is 1. The highest BCUT2D eigenvalue weighted by atomic mass is 16.1. The maximum Gasteiger partial charge on any atom is 0.255 e. The van der Waals surface area contributed by atoms with Crippen molar-refractivity contribution in [3.8, 4) is 11.3 Å². The van der Waals surface area contributed by atoms with Crippen molar-refractivity contribution < 1.29 is 4.79 Å². The molecule has 0 spiro atoms. The number of benzene rings is 2. The molecule has 0 radical (unpaired) electrons. The lowest BCUT2D eigenvalue weighted by molar-refractivity contribution is 0.0949. The Hall–Kier alpha value is -2.88. The van der Waals surface area contributed by atoms with Gasteiger partial charge in [-0.1, -0.05) is 74.5 Å². The molecule has 3 aromatic rings. The largest absolute Gasteiger partial charge is 0.352 e. The molecule has 3 rings (SSSR count). The molecule has 0 saturated carbocycles. The molecule has 0 saturated heterocycles. The highest BCUT2D eigenvalue weighted by Gasteiger charge is 2.18. The van der Waals surface area contributed by atoms with E-state index in [1.54, 1.807) is 0 Å². The van der Waals surface area contributed by atoms with Crippen LogP contribution in [0.3, 0.4) is 0 Å². The van der Waals surface area contributed by atoms with Crippen LogP contribution in [-0.4, -0.2) is 22.2 Å². The van der Waals surface area contributed by atoms with Crippen LogP contribution in [0.1, 0.15) is 29.8 Å². The lowest BCUT2D eigenvalue weighted by Crippen LogP contribution is -2.27. The standard InChI is InChI=1S/C21H23N3O/c1-16(2)13-22-21(25)19-15-24(14-17-9-5-3-6-10-17)23-20(19)18-11-7-4-8-12-18/h3-12,15-16H,13-14H2,1-2H3,(H,22,25). The zero-order valence-electron chi connectivity index (χ0n) is 14.6. The van der Waals surface area contributed by atoms with Gasteiger partial charge in [0.15, 0.2) is 0 Å². The number of aromatic nitrogens is 2. The summed E-state index contributed by atoms with van der Waals surface area (Å²) in [7, 11) is 0. The van der Waals surface area contributed by atoms with Crippen molar-refractivity contribution in [3.63, 3.8) is 0 Å². The third kappa shape index (κ3) is 4.35. The van der Waals surface area contributed by atoms with Gasteiger partial charge in [-0.05, 0) is 11.5 Å². The van der Waals surface area contributed by atoms with E-state index in [9.17, 15) is 4.79 Å². The molecule has 0 bridgehead atoms. The highest BCUT2D eigenvalue weighted by molar-refractivity contribution is 5.99. The van der Waals surface area contributed by atoms with E-state index in [2.05, 4.69) is 36.4 Å². The molecule has 0 atom stereocenters. The third-order valence-electron chi connectivity index (χ3n) is 3.91. The molecule has 0 aliphatic carbocycles. The fraction of sp³-hybridized carbons (Fsp3) is 0.238. The maximum atomic E-state index is 12.6. The van der Waals surface area contributed by atoms with E-state index < -0.39 is 0 Å². The maximum absolute atomic E-state index is 12.6. The second-order valence-corrected chi connectivity index (χ2v) is 6.54. The normalized spacial score (nSPS) is 10.8. The average molecular weight is 333 g/mol. The molecule has 1 aromatic heterocycles. The Labute approximate surface area is 148 Å². The average Bonchev–Trinajstić information content (AvgIpc) is 3.05. The van der Waals surface area contributed by atoms with Crippen molar-refractivity contribution >= 4 is 5.91 Å². The Balaban J connectivity index is 1.92. The summed E-state index contributed by atoms with van der Waals surface area (Å²) in [5.74, 6) is 0.329. The van der Waals surface area contributed by atoms with Gasteiger partial charge in [0.2, 0.25) is 0 Å². The van der Waals surface area contributed by atoms with Crippen LogP contribution in [0, 0.1) is 5.92 Å². The molecule has 0 unspecified atom stereocenters. The summed E-state index contributed by atoms with van der Waals surface area (Å²) in [5.41, 5.74) is 3.43. The fourth-order valence-electron chi connectivity index (χ4n) is 2.64. The number of carbonyl (C=O) groups is 1. The fourth-order valence-corrected chi connectivity index (χ4v) is 2.64. The molecule has 0 aliphatic rings. The Kier molecular flexibility index (Phi) is 5.29. The van der Waals surface area contributed by atoms with E-state index in [1.165, 1.54) is 0 Å². The predicted octanol–water partition coefficient (Wildman–Crippen LogP) is 3.98. The van der Waals surface area contributed by atoms with Crippen molar-refractivity contribution in [1.82, 2.24) is 15.1 Å². The topological polar surface area (TPSA) is 46.9 Å². The molecule has 1 N–H and O–H groups in total. The summed E-state index contributed by atoms with van der Waals surface area (Å²) in [5, 5.41) is 7.67. The molecule has 1 amide bonds. The van der Waals surface area contributed by atoms with Gasteiger partial charge in [-0.2, -0.15) is 5.10 Å². The van der Waals surface area contributed by atoms with Crippen LogP contribution in [0.25, 0.3) is 11.3 Å². The molecule has 128 valence electrons. The lowest BCUT2D eigenvalue weighted by Gasteiger charge is -2.07. The molecule has 2 aromatic carbocycles. The molecule has 0 fully saturated rings. The number of amides is 1.